The zero-order valence-corrected chi connectivity index (χ0v) is 10.5. The van der Waals surface area contributed by atoms with Crippen molar-refractivity contribution >= 4 is 38.8 Å². The summed E-state index contributed by atoms with van der Waals surface area (Å²) in [5, 5.41) is 14.9. The number of carbonyl (C=O) groups is 1. The van der Waals surface area contributed by atoms with Gasteiger partial charge in [-0.3, -0.25) is 5.32 Å². The van der Waals surface area contributed by atoms with Gasteiger partial charge in [0.2, 0.25) is 0 Å². The molecular formula is C11H11BrN2O3. The first-order valence-corrected chi connectivity index (χ1v) is 6.01. The average Bonchev–Trinajstić information content (AvgIpc) is 3.09. The molecule has 2 aromatic rings. The summed E-state index contributed by atoms with van der Waals surface area (Å²) in [5.41, 5.74) is 0.539. The summed E-state index contributed by atoms with van der Waals surface area (Å²) >= 11 is 3.27. The van der Waals surface area contributed by atoms with Crippen LogP contribution in [0, 0.1) is 0 Å². The van der Waals surface area contributed by atoms with Crippen LogP contribution in [0.5, 0.6) is 0 Å². The first-order valence-electron chi connectivity index (χ1n) is 5.22. The Hall–Kier alpha value is -1.56. The summed E-state index contributed by atoms with van der Waals surface area (Å²) in [5.74, 6) is 0.203. The molecule has 5 nitrogen and oxygen atoms in total. The van der Waals surface area contributed by atoms with Gasteiger partial charge in [0, 0.05) is 4.47 Å². The van der Waals surface area contributed by atoms with Gasteiger partial charge in [0.1, 0.15) is 0 Å². The molecule has 1 amide bonds. The first-order chi connectivity index (χ1) is 8.16. The normalized spacial score (nSPS) is 12.8. The Morgan fingerprint density at radius 1 is 1.41 bits per heavy atom. The molecule has 17 heavy (non-hydrogen) atoms. The van der Waals surface area contributed by atoms with Crippen molar-refractivity contribution in [3.05, 3.63) is 22.7 Å². The highest BCUT2D eigenvalue weighted by atomic mass is 79.9. The van der Waals surface area contributed by atoms with Gasteiger partial charge >= 0.3 is 6.09 Å². The third-order valence-electron chi connectivity index (χ3n) is 2.01. The molecule has 0 spiro atoms. The molecule has 0 atom stereocenters. The average molecular weight is 299 g/mol. The van der Waals surface area contributed by atoms with Crippen molar-refractivity contribution < 1.29 is 14.4 Å². The summed E-state index contributed by atoms with van der Waals surface area (Å²) in [6.45, 7) is 0. The Bertz CT molecular complexity index is 534. The van der Waals surface area contributed by atoms with Crippen molar-refractivity contribution in [3.63, 3.8) is 0 Å². The summed E-state index contributed by atoms with van der Waals surface area (Å²) in [6.07, 6.45) is 3.33. The maximum Gasteiger partial charge on any atom is 0.410 e. The number of fused-ring (bicyclic) bond motifs is 1. The number of benzene rings is 1. The smallest absolute Gasteiger partial charge is 0.410 e. The van der Waals surface area contributed by atoms with Gasteiger partial charge in [-0.05, 0) is 18.2 Å². The quantitative estimate of drug-likeness (QED) is 0.838. The van der Waals surface area contributed by atoms with Gasteiger partial charge in [-0.15, -0.1) is 0 Å². The lowest BCUT2D eigenvalue weighted by molar-refractivity contribution is 0.209. The van der Waals surface area contributed by atoms with Crippen LogP contribution in [-0.4, -0.2) is 16.4 Å². The third kappa shape index (κ3) is 3.45. The topological polar surface area (TPSA) is 75.4 Å². The molecule has 1 fully saturated rings. The standard InChI is InChI=1S/C8H5BrN2O3.C3H6/c9-4-1-2-6-5(3-4)7(11-14-6)10-8(12)13;1-2-3-1/h1-3H,(H,10,11)(H,12,13);1-3H2. The van der Waals surface area contributed by atoms with Crippen LogP contribution in [0.3, 0.4) is 0 Å². The van der Waals surface area contributed by atoms with Crippen LogP contribution < -0.4 is 5.32 Å². The number of nitrogens with zero attached hydrogens (tertiary/aromatic N) is 1. The molecule has 90 valence electrons. The summed E-state index contributed by atoms with van der Waals surface area (Å²) in [4.78, 5) is 10.4. The highest BCUT2D eigenvalue weighted by molar-refractivity contribution is 9.10. The molecule has 1 aliphatic rings. The molecule has 0 unspecified atom stereocenters. The molecule has 1 aromatic heterocycles. The predicted molar refractivity (Wildman–Crippen MR) is 67.2 cm³/mol. The largest absolute Gasteiger partial charge is 0.465 e. The Morgan fingerprint density at radius 2 is 2.12 bits per heavy atom. The lowest BCUT2D eigenvalue weighted by Crippen LogP contribution is -2.07. The molecule has 0 aliphatic heterocycles. The van der Waals surface area contributed by atoms with Gasteiger partial charge < -0.3 is 9.63 Å². The van der Waals surface area contributed by atoms with Crippen LogP contribution in [0.4, 0.5) is 10.6 Å². The van der Waals surface area contributed by atoms with Crippen molar-refractivity contribution in [3.8, 4) is 0 Å². The fourth-order valence-corrected chi connectivity index (χ4v) is 1.46. The summed E-state index contributed by atoms with van der Waals surface area (Å²) in [7, 11) is 0. The number of rotatable bonds is 1. The van der Waals surface area contributed by atoms with Gasteiger partial charge in [0.15, 0.2) is 11.4 Å². The number of halogens is 1. The minimum Gasteiger partial charge on any atom is -0.465 e. The van der Waals surface area contributed by atoms with E-state index in [-0.39, 0.29) is 5.82 Å². The van der Waals surface area contributed by atoms with Crippen LogP contribution in [0.1, 0.15) is 19.3 Å². The van der Waals surface area contributed by atoms with Gasteiger partial charge in [-0.25, -0.2) is 4.79 Å². The van der Waals surface area contributed by atoms with E-state index in [2.05, 4.69) is 26.4 Å². The van der Waals surface area contributed by atoms with E-state index in [1.54, 1.807) is 18.2 Å². The second kappa shape index (κ2) is 5.18. The molecule has 1 aromatic carbocycles. The van der Waals surface area contributed by atoms with Crippen LogP contribution in [0.25, 0.3) is 11.0 Å². The number of hydrogen-bond donors (Lipinski definition) is 2. The van der Waals surface area contributed by atoms with Crippen LogP contribution in [0.15, 0.2) is 27.2 Å². The van der Waals surface area contributed by atoms with Crippen LogP contribution in [-0.2, 0) is 0 Å². The van der Waals surface area contributed by atoms with Crippen molar-refractivity contribution in [2.75, 3.05) is 5.32 Å². The molecular weight excluding hydrogens is 288 g/mol. The second-order valence-electron chi connectivity index (χ2n) is 3.66. The monoisotopic (exact) mass is 298 g/mol. The number of carboxylic acid groups (broad SMARTS) is 1. The minimum absolute atomic E-state index is 0.203. The SMILES string of the molecule is C1CC1.O=C(O)Nc1noc2ccc(Br)cc12. The number of aromatic nitrogens is 1. The van der Waals surface area contributed by atoms with E-state index in [0.29, 0.717) is 11.0 Å². The first kappa shape index (κ1) is 11.9. The molecule has 0 radical (unpaired) electrons. The highest BCUT2D eigenvalue weighted by Gasteiger charge is 2.10. The van der Waals surface area contributed by atoms with Crippen LogP contribution >= 0.6 is 15.9 Å². The van der Waals surface area contributed by atoms with Crippen molar-refractivity contribution in [1.29, 1.82) is 0 Å². The summed E-state index contributed by atoms with van der Waals surface area (Å²) in [6, 6.07) is 5.23. The molecule has 6 heteroatoms. The maximum atomic E-state index is 10.4. The third-order valence-corrected chi connectivity index (χ3v) is 2.50. The van der Waals surface area contributed by atoms with Gasteiger partial charge in [0.05, 0.1) is 5.39 Å². The van der Waals surface area contributed by atoms with E-state index >= 15 is 0 Å². The van der Waals surface area contributed by atoms with Gasteiger partial charge in [-0.1, -0.05) is 40.3 Å². The van der Waals surface area contributed by atoms with Crippen molar-refractivity contribution in [2.24, 2.45) is 0 Å². The Labute approximate surface area is 106 Å². The van der Waals surface area contributed by atoms with E-state index in [0.717, 1.165) is 4.47 Å². The van der Waals surface area contributed by atoms with E-state index in [9.17, 15) is 4.79 Å². The molecule has 0 saturated heterocycles. The second-order valence-corrected chi connectivity index (χ2v) is 4.58. The van der Waals surface area contributed by atoms with E-state index in [1.807, 2.05) is 0 Å². The van der Waals surface area contributed by atoms with E-state index < -0.39 is 6.09 Å². The Morgan fingerprint density at radius 3 is 2.71 bits per heavy atom. The minimum atomic E-state index is -1.17. The Kier molecular flexibility index (Phi) is 3.63. The number of hydrogen-bond acceptors (Lipinski definition) is 3. The Balaban J connectivity index is 0.000000313. The zero-order valence-electron chi connectivity index (χ0n) is 8.94. The lowest BCUT2D eigenvalue weighted by Gasteiger charge is -1.94. The lowest BCUT2D eigenvalue weighted by atomic mass is 10.2. The highest BCUT2D eigenvalue weighted by Crippen LogP contribution is 2.25. The number of nitrogens with one attached hydrogen (secondary N) is 1. The van der Waals surface area contributed by atoms with Crippen molar-refractivity contribution in [2.45, 2.75) is 19.3 Å². The fourth-order valence-electron chi connectivity index (χ4n) is 1.10. The fraction of sp³-hybridized carbons (Fsp3) is 0.273. The molecule has 1 saturated carbocycles. The van der Waals surface area contributed by atoms with E-state index in [1.165, 1.54) is 19.3 Å². The number of anilines is 1. The molecule has 0 bridgehead atoms. The summed E-state index contributed by atoms with van der Waals surface area (Å²) < 4.78 is 5.74. The molecule has 3 rings (SSSR count). The van der Waals surface area contributed by atoms with E-state index in [4.69, 9.17) is 9.63 Å². The van der Waals surface area contributed by atoms with Crippen LogP contribution in [0.2, 0.25) is 0 Å². The van der Waals surface area contributed by atoms with Gasteiger partial charge in [0.25, 0.3) is 0 Å². The van der Waals surface area contributed by atoms with Crippen molar-refractivity contribution in [1.82, 2.24) is 5.16 Å². The number of amides is 1. The molecule has 2 N–H and O–H groups in total. The zero-order chi connectivity index (χ0) is 12.3. The molecule has 1 heterocycles. The predicted octanol–water partition coefficient (Wildman–Crippen LogP) is 3.85. The molecule has 1 aliphatic carbocycles. The maximum absolute atomic E-state index is 10.4. The van der Waals surface area contributed by atoms with Gasteiger partial charge in [-0.2, -0.15) is 0 Å².